The molecule has 1 aliphatic rings. The van der Waals surface area contributed by atoms with E-state index in [-0.39, 0.29) is 5.76 Å². The van der Waals surface area contributed by atoms with Gasteiger partial charge in [0.2, 0.25) is 0 Å². The summed E-state index contributed by atoms with van der Waals surface area (Å²) in [6.07, 6.45) is -1.85. The van der Waals surface area contributed by atoms with Crippen molar-refractivity contribution in [3.63, 3.8) is 0 Å². The summed E-state index contributed by atoms with van der Waals surface area (Å²) in [7, 11) is 0. The number of aromatic nitrogens is 1. The van der Waals surface area contributed by atoms with Crippen LogP contribution in [0.2, 0.25) is 0 Å². The first-order valence-electron chi connectivity index (χ1n) is 5.71. The molecule has 1 saturated heterocycles. The van der Waals surface area contributed by atoms with Gasteiger partial charge in [-0.05, 0) is 45.2 Å². The molecular formula is C11H15F3N2O. The zero-order valence-electron chi connectivity index (χ0n) is 9.60. The van der Waals surface area contributed by atoms with Crippen molar-refractivity contribution in [1.29, 1.82) is 0 Å². The van der Waals surface area contributed by atoms with E-state index in [9.17, 15) is 13.2 Å². The van der Waals surface area contributed by atoms with Gasteiger partial charge in [0.05, 0.1) is 5.69 Å². The van der Waals surface area contributed by atoms with E-state index in [4.69, 9.17) is 0 Å². The van der Waals surface area contributed by atoms with Crippen LogP contribution >= 0.6 is 0 Å². The summed E-state index contributed by atoms with van der Waals surface area (Å²) < 4.78 is 41.8. The predicted octanol–water partition coefficient (Wildman–Crippen LogP) is 2.54. The molecule has 2 rings (SSSR count). The highest BCUT2D eigenvalue weighted by atomic mass is 19.4. The molecule has 1 N–H and O–H groups in total. The topological polar surface area (TPSA) is 38.1 Å². The maximum Gasteiger partial charge on any atom is 0.468 e. The normalized spacial score (nSPS) is 21.8. The van der Waals surface area contributed by atoms with Gasteiger partial charge in [0.25, 0.3) is 0 Å². The lowest BCUT2D eigenvalue weighted by molar-refractivity contribution is -0.157. The number of hydrogen-bond acceptors (Lipinski definition) is 3. The van der Waals surface area contributed by atoms with Crippen LogP contribution in [0, 0.1) is 12.8 Å². The Balaban J connectivity index is 2.07. The Morgan fingerprint density at radius 2 is 2.24 bits per heavy atom. The van der Waals surface area contributed by atoms with Crippen LogP contribution < -0.4 is 5.32 Å². The number of halogens is 3. The minimum Gasteiger partial charge on any atom is -0.438 e. The van der Waals surface area contributed by atoms with E-state index in [0.717, 1.165) is 25.9 Å². The highest BCUT2D eigenvalue weighted by Crippen LogP contribution is 2.30. The molecule has 2 heterocycles. The molecule has 1 aromatic rings. The molecule has 0 aromatic carbocycles. The fourth-order valence-electron chi connectivity index (χ4n) is 2.11. The zero-order chi connectivity index (χ0) is 12.5. The molecule has 96 valence electrons. The summed E-state index contributed by atoms with van der Waals surface area (Å²) in [6.45, 7) is 3.36. The first-order valence-corrected chi connectivity index (χ1v) is 5.71. The quantitative estimate of drug-likeness (QED) is 0.874. The van der Waals surface area contributed by atoms with Crippen molar-refractivity contribution >= 4 is 0 Å². The molecule has 0 bridgehead atoms. The second-order valence-electron chi connectivity index (χ2n) is 4.44. The van der Waals surface area contributed by atoms with E-state index in [0.29, 0.717) is 18.0 Å². The van der Waals surface area contributed by atoms with Crippen LogP contribution in [0.25, 0.3) is 0 Å². The number of oxazole rings is 1. The van der Waals surface area contributed by atoms with Crippen LogP contribution in [0.15, 0.2) is 4.42 Å². The number of nitrogens with one attached hydrogen (secondary N) is 1. The van der Waals surface area contributed by atoms with Gasteiger partial charge < -0.3 is 9.73 Å². The third kappa shape index (κ3) is 3.00. The number of aryl methyl sites for hydroxylation is 1. The maximum atomic E-state index is 12.4. The van der Waals surface area contributed by atoms with Crippen LogP contribution in [-0.2, 0) is 12.6 Å². The van der Waals surface area contributed by atoms with Crippen molar-refractivity contribution in [1.82, 2.24) is 10.3 Å². The van der Waals surface area contributed by atoms with E-state index in [1.807, 2.05) is 0 Å². The monoisotopic (exact) mass is 248 g/mol. The Morgan fingerprint density at radius 3 is 2.76 bits per heavy atom. The fourth-order valence-corrected chi connectivity index (χ4v) is 2.11. The van der Waals surface area contributed by atoms with Gasteiger partial charge in [-0.3, -0.25) is 0 Å². The Bertz CT molecular complexity index is 381. The van der Waals surface area contributed by atoms with Crippen molar-refractivity contribution < 1.29 is 17.6 Å². The van der Waals surface area contributed by atoms with Crippen molar-refractivity contribution in [3.05, 3.63) is 17.3 Å². The number of rotatable bonds is 2. The van der Waals surface area contributed by atoms with Crippen molar-refractivity contribution in [2.24, 2.45) is 5.92 Å². The van der Waals surface area contributed by atoms with Gasteiger partial charge >= 0.3 is 12.1 Å². The minimum absolute atomic E-state index is 0.280. The third-order valence-corrected chi connectivity index (χ3v) is 3.02. The standard InChI is InChI=1S/C11H15F3N2O/c1-7-9(5-8-3-2-4-15-6-8)16-10(17-7)11(12,13)14/h8,15H,2-6H2,1H3. The number of piperidine rings is 1. The lowest BCUT2D eigenvalue weighted by atomic mass is 9.94. The van der Waals surface area contributed by atoms with E-state index in [1.165, 1.54) is 6.92 Å². The second-order valence-corrected chi connectivity index (χ2v) is 4.44. The van der Waals surface area contributed by atoms with Gasteiger partial charge in [-0.25, -0.2) is 4.98 Å². The fraction of sp³-hybridized carbons (Fsp3) is 0.727. The van der Waals surface area contributed by atoms with Gasteiger partial charge in [-0.1, -0.05) is 0 Å². The molecular weight excluding hydrogens is 233 g/mol. The summed E-state index contributed by atoms with van der Waals surface area (Å²) >= 11 is 0. The average Bonchev–Trinajstić information content (AvgIpc) is 2.62. The van der Waals surface area contributed by atoms with Gasteiger partial charge in [0, 0.05) is 0 Å². The molecule has 1 fully saturated rings. The van der Waals surface area contributed by atoms with Crippen molar-refractivity contribution in [3.8, 4) is 0 Å². The molecule has 1 aliphatic heterocycles. The Morgan fingerprint density at radius 1 is 1.47 bits per heavy atom. The van der Waals surface area contributed by atoms with E-state index in [1.54, 1.807) is 0 Å². The van der Waals surface area contributed by atoms with Crippen LogP contribution in [-0.4, -0.2) is 18.1 Å². The maximum absolute atomic E-state index is 12.4. The minimum atomic E-state index is -4.49. The Labute approximate surface area is 97.4 Å². The SMILES string of the molecule is Cc1oc(C(F)(F)F)nc1CC1CCCNC1. The van der Waals surface area contributed by atoms with Crippen molar-refractivity contribution in [2.45, 2.75) is 32.4 Å². The van der Waals surface area contributed by atoms with Gasteiger partial charge in [0.15, 0.2) is 0 Å². The Hall–Kier alpha value is -1.04. The van der Waals surface area contributed by atoms with E-state index < -0.39 is 12.1 Å². The van der Waals surface area contributed by atoms with Crippen LogP contribution in [0.1, 0.15) is 30.2 Å². The predicted molar refractivity (Wildman–Crippen MR) is 55.5 cm³/mol. The lowest BCUT2D eigenvalue weighted by Crippen LogP contribution is -2.31. The zero-order valence-corrected chi connectivity index (χ0v) is 9.60. The smallest absolute Gasteiger partial charge is 0.438 e. The highest BCUT2D eigenvalue weighted by molar-refractivity contribution is 5.10. The van der Waals surface area contributed by atoms with Crippen molar-refractivity contribution in [2.75, 3.05) is 13.1 Å². The van der Waals surface area contributed by atoms with Gasteiger partial charge in [0.1, 0.15) is 5.76 Å². The lowest BCUT2D eigenvalue weighted by Gasteiger charge is -2.21. The summed E-state index contributed by atoms with van der Waals surface area (Å²) in [5, 5.41) is 3.23. The van der Waals surface area contributed by atoms with E-state index in [2.05, 4.69) is 14.7 Å². The molecule has 3 nitrogen and oxygen atoms in total. The molecule has 1 unspecified atom stereocenters. The van der Waals surface area contributed by atoms with Crippen LogP contribution in [0.4, 0.5) is 13.2 Å². The number of alkyl halides is 3. The Kier molecular flexibility index (Phi) is 3.42. The first-order chi connectivity index (χ1) is 7.97. The molecule has 0 saturated carbocycles. The summed E-state index contributed by atoms with van der Waals surface area (Å²) in [5.41, 5.74) is 0.436. The third-order valence-electron chi connectivity index (χ3n) is 3.02. The molecule has 1 atom stereocenters. The highest BCUT2D eigenvalue weighted by Gasteiger charge is 2.38. The average molecular weight is 248 g/mol. The molecule has 17 heavy (non-hydrogen) atoms. The van der Waals surface area contributed by atoms with Crippen LogP contribution in [0.3, 0.4) is 0 Å². The molecule has 0 aliphatic carbocycles. The summed E-state index contributed by atoms with van der Waals surface area (Å²) in [4.78, 5) is 3.56. The molecule has 0 radical (unpaired) electrons. The van der Waals surface area contributed by atoms with E-state index >= 15 is 0 Å². The summed E-state index contributed by atoms with van der Waals surface area (Å²) in [6, 6.07) is 0. The molecule has 6 heteroatoms. The molecule has 0 spiro atoms. The summed E-state index contributed by atoms with van der Waals surface area (Å²) in [5.74, 6) is -0.495. The number of hydrogen-bond donors (Lipinski definition) is 1. The molecule has 1 aromatic heterocycles. The number of nitrogens with zero attached hydrogens (tertiary/aromatic N) is 1. The molecule has 0 amide bonds. The van der Waals surface area contributed by atoms with Crippen LogP contribution in [0.5, 0.6) is 0 Å². The second kappa shape index (κ2) is 4.68. The largest absolute Gasteiger partial charge is 0.468 e. The van der Waals surface area contributed by atoms with Gasteiger partial charge in [-0.15, -0.1) is 0 Å². The first kappa shape index (κ1) is 12.4. The van der Waals surface area contributed by atoms with Gasteiger partial charge in [-0.2, -0.15) is 13.2 Å².